The lowest BCUT2D eigenvalue weighted by Crippen LogP contribution is -2.35. The Balaban J connectivity index is 1.82. The summed E-state index contributed by atoms with van der Waals surface area (Å²) in [6, 6.07) is 4.15. The molecule has 0 radical (unpaired) electrons. The minimum absolute atomic E-state index is 0.654. The molecule has 0 unspecified atom stereocenters. The molecule has 1 saturated heterocycles. The van der Waals surface area contributed by atoms with E-state index in [0.717, 1.165) is 38.5 Å². The van der Waals surface area contributed by atoms with Gasteiger partial charge < -0.3 is 10.5 Å². The molecule has 2 N–H and O–H groups in total. The van der Waals surface area contributed by atoms with Crippen LogP contribution < -0.4 is 5.73 Å². The average molecular weight is 281 g/mol. The van der Waals surface area contributed by atoms with Gasteiger partial charge >= 0.3 is 0 Å². The fraction of sp³-hybridized carbons (Fsp3) is 0.417. The number of anilines is 1. The van der Waals surface area contributed by atoms with E-state index in [1.54, 1.807) is 22.7 Å². The number of morpholine rings is 1. The minimum atomic E-state index is 0.654. The fourth-order valence-corrected chi connectivity index (χ4v) is 3.74. The topological polar surface area (TPSA) is 51.4 Å². The maximum atomic E-state index is 5.86. The van der Waals surface area contributed by atoms with Gasteiger partial charge in [0.05, 0.1) is 23.8 Å². The molecule has 0 bridgehead atoms. The Morgan fingerprint density at radius 3 is 2.94 bits per heavy atom. The molecule has 0 saturated carbocycles. The Hall–Kier alpha value is -0.950. The van der Waals surface area contributed by atoms with Gasteiger partial charge in [-0.1, -0.05) is 6.07 Å². The Kier molecular flexibility index (Phi) is 3.60. The van der Waals surface area contributed by atoms with Crippen molar-refractivity contribution in [2.24, 2.45) is 0 Å². The van der Waals surface area contributed by atoms with Crippen LogP contribution in [0.4, 0.5) is 5.13 Å². The first-order chi connectivity index (χ1) is 8.83. The van der Waals surface area contributed by atoms with Gasteiger partial charge in [0.25, 0.3) is 0 Å². The van der Waals surface area contributed by atoms with Gasteiger partial charge in [0, 0.05) is 24.5 Å². The van der Waals surface area contributed by atoms with E-state index in [0.29, 0.717) is 5.13 Å². The zero-order chi connectivity index (χ0) is 12.4. The van der Waals surface area contributed by atoms with Crippen LogP contribution in [0.1, 0.15) is 4.88 Å². The molecular formula is C12H15N3OS2. The third kappa shape index (κ3) is 2.56. The van der Waals surface area contributed by atoms with Crippen LogP contribution in [0.5, 0.6) is 0 Å². The summed E-state index contributed by atoms with van der Waals surface area (Å²) in [5, 5.41) is 2.73. The molecule has 3 heterocycles. The van der Waals surface area contributed by atoms with Crippen molar-refractivity contribution in [3.8, 4) is 10.6 Å². The molecule has 1 aliphatic heterocycles. The van der Waals surface area contributed by atoms with E-state index in [1.165, 1.54) is 9.75 Å². The molecule has 2 aromatic heterocycles. The number of thiazole rings is 1. The lowest BCUT2D eigenvalue weighted by Gasteiger charge is -2.26. The van der Waals surface area contributed by atoms with Crippen molar-refractivity contribution in [3.63, 3.8) is 0 Å². The summed E-state index contributed by atoms with van der Waals surface area (Å²) in [7, 11) is 0. The van der Waals surface area contributed by atoms with E-state index in [-0.39, 0.29) is 0 Å². The Labute approximate surface area is 114 Å². The van der Waals surface area contributed by atoms with Crippen LogP contribution in [-0.4, -0.2) is 36.2 Å². The molecule has 0 aromatic carbocycles. The van der Waals surface area contributed by atoms with Crippen LogP contribution in [0.2, 0.25) is 0 Å². The highest BCUT2D eigenvalue weighted by Gasteiger charge is 2.17. The van der Waals surface area contributed by atoms with Crippen LogP contribution in [0.25, 0.3) is 10.6 Å². The van der Waals surface area contributed by atoms with Crippen LogP contribution in [-0.2, 0) is 11.3 Å². The van der Waals surface area contributed by atoms with Crippen molar-refractivity contribution >= 4 is 27.8 Å². The van der Waals surface area contributed by atoms with Crippen LogP contribution >= 0.6 is 22.7 Å². The van der Waals surface area contributed by atoms with Crippen molar-refractivity contribution < 1.29 is 4.74 Å². The molecule has 3 rings (SSSR count). The smallest absolute Gasteiger partial charge is 0.180 e. The van der Waals surface area contributed by atoms with Crippen molar-refractivity contribution in [1.82, 2.24) is 9.88 Å². The van der Waals surface area contributed by atoms with Gasteiger partial charge in [-0.25, -0.2) is 4.98 Å². The van der Waals surface area contributed by atoms with Crippen LogP contribution in [0.3, 0.4) is 0 Å². The zero-order valence-electron chi connectivity index (χ0n) is 9.96. The maximum absolute atomic E-state index is 5.86. The van der Waals surface area contributed by atoms with E-state index in [2.05, 4.69) is 21.3 Å². The minimum Gasteiger partial charge on any atom is -0.379 e. The van der Waals surface area contributed by atoms with Gasteiger partial charge in [0.2, 0.25) is 0 Å². The van der Waals surface area contributed by atoms with E-state index >= 15 is 0 Å². The van der Waals surface area contributed by atoms with Gasteiger partial charge in [-0.3, -0.25) is 4.90 Å². The lowest BCUT2D eigenvalue weighted by molar-refractivity contribution is 0.0347. The molecule has 0 aliphatic carbocycles. The zero-order valence-corrected chi connectivity index (χ0v) is 11.6. The molecule has 2 aromatic rings. The lowest BCUT2D eigenvalue weighted by atomic mass is 10.3. The van der Waals surface area contributed by atoms with Gasteiger partial charge in [0.15, 0.2) is 5.13 Å². The van der Waals surface area contributed by atoms with Gasteiger partial charge in [0.1, 0.15) is 0 Å². The van der Waals surface area contributed by atoms with Crippen LogP contribution in [0.15, 0.2) is 17.5 Å². The second kappa shape index (κ2) is 5.36. The molecule has 1 fully saturated rings. The summed E-state index contributed by atoms with van der Waals surface area (Å²) in [6.45, 7) is 4.54. The number of hydrogen-bond donors (Lipinski definition) is 1. The third-order valence-corrected chi connectivity index (χ3v) is 4.69. The summed E-state index contributed by atoms with van der Waals surface area (Å²) in [5.41, 5.74) is 6.91. The summed E-state index contributed by atoms with van der Waals surface area (Å²) < 4.78 is 5.37. The number of nitrogens with zero attached hydrogens (tertiary/aromatic N) is 2. The Bertz CT molecular complexity index is 503. The van der Waals surface area contributed by atoms with Crippen molar-refractivity contribution in [2.45, 2.75) is 6.54 Å². The van der Waals surface area contributed by atoms with Crippen molar-refractivity contribution in [1.29, 1.82) is 0 Å². The van der Waals surface area contributed by atoms with Crippen molar-refractivity contribution in [3.05, 3.63) is 22.4 Å². The predicted octanol–water partition coefficient (Wildman–Crippen LogP) is 2.29. The quantitative estimate of drug-likeness (QED) is 0.938. The Morgan fingerprint density at radius 1 is 1.39 bits per heavy atom. The average Bonchev–Trinajstić information content (AvgIpc) is 3.00. The molecule has 18 heavy (non-hydrogen) atoms. The van der Waals surface area contributed by atoms with E-state index < -0.39 is 0 Å². The number of nitrogens with two attached hydrogens (primary N) is 1. The number of rotatable bonds is 3. The first-order valence-corrected chi connectivity index (χ1v) is 7.62. The summed E-state index contributed by atoms with van der Waals surface area (Å²) in [6.07, 6.45) is 0. The fourth-order valence-electron chi connectivity index (χ4n) is 2.05. The maximum Gasteiger partial charge on any atom is 0.180 e. The highest BCUT2D eigenvalue weighted by Crippen LogP contribution is 2.33. The SMILES string of the molecule is Nc1nc(-c2cccs2)c(CN2CCOCC2)s1. The van der Waals surface area contributed by atoms with Gasteiger partial charge in [-0.2, -0.15) is 0 Å². The first-order valence-electron chi connectivity index (χ1n) is 5.92. The van der Waals surface area contributed by atoms with Gasteiger partial charge in [-0.05, 0) is 11.4 Å². The summed E-state index contributed by atoms with van der Waals surface area (Å²) in [4.78, 5) is 9.32. The van der Waals surface area contributed by atoms with E-state index in [1.807, 2.05) is 6.07 Å². The van der Waals surface area contributed by atoms with Gasteiger partial charge in [-0.15, -0.1) is 22.7 Å². The Morgan fingerprint density at radius 2 is 2.22 bits per heavy atom. The number of ether oxygens (including phenoxy) is 1. The van der Waals surface area contributed by atoms with E-state index in [4.69, 9.17) is 10.5 Å². The number of aromatic nitrogens is 1. The highest BCUT2D eigenvalue weighted by molar-refractivity contribution is 7.17. The number of hydrogen-bond acceptors (Lipinski definition) is 6. The standard InChI is InChI=1S/C12H15N3OS2/c13-12-14-11(9-2-1-7-17-9)10(18-12)8-15-3-5-16-6-4-15/h1-2,7H,3-6,8H2,(H2,13,14). The monoisotopic (exact) mass is 281 g/mol. The van der Waals surface area contributed by atoms with Crippen molar-refractivity contribution in [2.75, 3.05) is 32.0 Å². The number of thiophene rings is 1. The second-order valence-corrected chi connectivity index (χ2v) is 6.25. The molecule has 4 nitrogen and oxygen atoms in total. The number of nitrogen functional groups attached to an aromatic ring is 1. The molecule has 0 spiro atoms. The van der Waals surface area contributed by atoms with E-state index in [9.17, 15) is 0 Å². The summed E-state index contributed by atoms with van der Waals surface area (Å²) in [5.74, 6) is 0. The predicted molar refractivity (Wildman–Crippen MR) is 75.9 cm³/mol. The molecule has 0 amide bonds. The largest absolute Gasteiger partial charge is 0.379 e. The third-order valence-electron chi connectivity index (χ3n) is 2.94. The molecule has 6 heteroatoms. The normalized spacial score (nSPS) is 17.1. The molecule has 0 atom stereocenters. The molecular weight excluding hydrogens is 266 g/mol. The first kappa shape index (κ1) is 12.1. The highest BCUT2D eigenvalue weighted by atomic mass is 32.1. The second-order valence-electron chi connectivity index (χ2n) is 4.19. The summed E-state index contributed by atoms with van der Waals surface area (Å²) >= 11 is 3.31. The van der Waals surface area contributed by atoms with Crippen LogP contribution in [0, 0.1) is 0 Å². The molecule has 96 valence electrons. The molecule has 1 aliphatic rings.